The number of rotatable bonds is 6. The molecule has 23 heavy (non-hydrogen) atoms. The molecule has 0 spiro atoms. The lowest BCUT2D eigenvalue weighted by Crippen LogP contribution is -2.35. The maximum atomic E-state index is 12.4. The fourth-order valence-corrected chi connectivity index (χ4v) is 3.61. The number of anilines is 1. The first-order chi connectivity index (χ1) is 10.9. The van der Waals surface area contributed by atoms with Crippen molar-refractivity contribution >= 4 is 21.6 Å². The summed E-state index contributed by atoms with van der Waals surface area (Å²) in [5, 5.41) is 0. The molecule has 1 aromatic carbocycles. The van der Waals surface area contributed by atoms with Gasteiger partial charge in [-0.05, 0) is 37.0 Å². The third-order valence-corrected chi connectivity index (χ3v) is 5.81. The van der Waals surface area contributed by atoms with E-state index in [0.29, 0.717) is 26.0 Å². The number of hydrogen-bond donors (Lipinski definition) is 0. The van der Waals surface area contributed by atoms with Crippen molar-refractivity contribution in [2.45, 2.75) is 30.6 Å². The van der Waals surface area contributed by atoms with E-state index in [2.05, 4.69) is 0 Å². The second-order valence-corrected chi connectivity index (χ2v) is 7.98. The summed E-state index contributed by atoms with van der Waals surface area (Å²) in [7, 11) is 1.11. The molecule has 0 aliphatic carbocycles. The fraction of sp³-hybridized carbons (Fsp3) is 0.562. The molecular weight excluding hydrogens is 316 g/mol. The van der Waals surface area contributed by atoms with Gasteiger partial charge in [0, 0.05) is 46.5 Å². The van der Waals surface area contributed by atoms with Gasteiger partial charge in [0.05, 0.1) is 4.90 Å². The summed E-state index contributed by atoms with van der Waals surface area (Å²) in [5.74, 6) is 0.0161. The molecule has 1 aliphatic heterocycles. The largest absolute Gasteiger partial charge is 0.385 e. The monoisotopic (exact) mass is 340 g/mol. The highest BCUT2D eigenvalue weighted by atomic mass is 32.2. The zero-order chi connectivity index (χ0) is 17.0. The molecule has 0 fully saturated rings. The average molecular weight is 340 g/mol. The smallest absolute Gasteiger partial charge is 0.242 e. The Kier molecular flexibility index (Phi) is 5.78. The zero-order valence-electron chi connectivity index (χ0n) is 13.9. The molecule has 1 aromatic rings. The second kappa shape index (κ2) is 7.42. The quantitative estimate of drug-likeness (QED) is 0.739. The SMILES string of the molecule is COCCCC(=O)N1CCCc2ccc(S(=O)(=O)N(C)C)cc21. The molecule has 2 rings (SSSR count). The van der Waals surface area contributed by atoms with Crippen molar-refractivity contribution in [3.8, 4) is 0 Å². The third-order valence-electron chi connectivity index (χ3n) is 3.99. The van der Waals surface area contributed by atoms with Crippen LogP contribution in [-0.2, 0) is 26.0 Å². The van der Waals surface area contributed by atoms with E-state index < -0.39 is 10.0 Å². The Balaban J connectivity index is 2.31. The first-order valence-corrected chi connectivity index (χ1v) is 9.16. The van der Waals surface area contributed by atoms with E-state index in [1.807, 2.05) is 6.07 Å². The van der Waals surface area contributed by atoms with Crippen LogP contribution in [0.15, 0.2) is 23.1 Å². The first-order valence-electron chi connectivity index (χ1n) is 7.72. The summed E-state index contributed by atoms with van der Waals surface area (Å²) in [6.07, 6.45) is 2.82. The van der Waals surface area contributed by atoms with Gasteiger partial charge in [-0.15, -0.1) is 0 Å². The van der Waals surface area contributed by atoms with Crippen molar-refractivity contribution in [1.82, 2.24) is 4.31 Å². The number of fused-ring (bicyclic) bond motifs is 1. The van der Waals surface area contributed by atoms with Gasteiger partial charge < -0.3 is 9.64 Å². The third kappa shape index (κ3) is 3.91. The minimum absolute atomic E-state index is 0.0161. The summed E-state index contributed by atoms with van der Waals surface area (Å²) in [6, 6.07) is 5.06. The van der Waals surface area contributed by atoms with Gasteiger partial charge in [-0.25, -0.2) is 12.7 Å². The molecule has 0 bridgehead atoms. The minimum atomic E-state index is -3.51. The summed E-state index contributed by atoms with van der Waals surface area (Å²) < 4.78 is 30.8. The summed E-state index contributed by atoms with van der Waals surface area (Å²) in [5.41, 5.74) is 1.75. The molecule has 0 saturated carbocycles. The van der Waals surface area contributed by atoms with Crippen LogP contribution in [0.4, 0.5) is 5.69 Å². The number of carbonyl (C=O) groups excluding carboxylic acids is 1. The highest BCUT2D eigenvalue weighted by Gasteiger charge is 2.25. The number of benzene rings is 1. The van der Waals surface area contributed by atoms with Crippen molar-refractivity contribution in [1.29, 1.82) is 0 Å². The molecule has 7 heteroatoms. The Bertz CT molecular complexity index is 671. The van der Waals surface area contributed by atoms with Gasteiger partial charge in [0.25, 0.3) is 0 Å². The number of methoxy groups -OCH3 is 1. The van der Waals surface area contributed by atoms with Crippen LogP contribution in [-0.4, -0.2) is 53.0 Å². The summed E-state index contributed by atoms with van der Waals surface area (Å²) in [6.45, 7) is 1.17. The zero-order valence-corrected chi connectivity index (χ0v) is 14.7. The minimum Gasteiger partial charge on any atom is -0.385 e. The van der Waals surface area contributed by atoms with E-state index in [1.165, 1.54) is 18.4 Å². The average Bonchev–Trinajstić information content (AvgIpc) is 2.53. The predicted molar refractivity (Wildman–Crippen MR) is 89.1 cm³/mol. The number of nitrogens with zero attached hydrogens (tertiary/aromatic N) is 2. The molecule has 6 nitrogen and oxygen atoms in total. The molecule has 0 atom stereocenters. The van der Waals surface area contributed by atoms with E-state index in [9.17, 15) is 13.2 Å². The predicted octanol–water partition coefficient (Wildman–Crippen LogP) is 1.64. The standard InChI is InChI=1S/C16H24N2O4S/c1-17(2)23(20,21)14-9-8-13-6-4-10-18(15(13)12-14)16(19)7-5-11-22-3/h8-9,12H,4-7,10-11H2,1-3H3. The Hall–Kier alpha value is -1.44. The van der Waals surface area contributed by atoms with Gasteiger partial charge in [0.1, 0.15) is 0 Å². The van der Waals surface area contributed by atoms with E-state index in [-0.39, 0.29) is 10.8 Å². The van der Waals surface area contributed by atoms with Crippen molar-refractivity contribution < 1.29 is 17.9 Å². The maximum absolute atomic E-state index is 12.4. The summed E-state index contributed by atoms with van der Waals surface area (Å²) in [4.78, 5) is 14.4. The van der Waals surface area contributed by atoms with E-state index in [0.717, 1.165) is 24.1 Å². The van der Waals surface area contributed by atoms with Crippen molar-refractivity contribution in [2.24, 2.45) is 0 Å². The van der Waals surface area contributed by atoms with Crippen molar-refractivity contribution in [3.05, 3.63) is 23.8 Å². The number of amides is 1. The van der Waals surface area contributed by atoms with Crippen LogP contribution in [0.25, 0.3) is 0 Å². The number of sulfonamides is 1. The number of ether oxygens (including phenoxy) is 1. The van der Waals surface area contributed by atoms with Crippen molar-refractivity contribution in [2.75, 3.05) is 39.3 Å². The van der Waals surface area contributed by atoms with Crippen LogP contribution >= 0.6 is 0 Å². The molecule has 1 aliphatic rings. The Morgan fingerprint density at radius 3 is 2.74 bits per heavy atom. The highest BCUT2D eigenvalue weighted by molar-refractivity contribution is 7.89. The molecule has 1 heterocycles. The lowest BCUT2D eigenvalue weighted by Gasteiger charge is -2.30. The van der Waals surface area contributed by atoms with Crippen LogP contribution in [0, 0.1) is 0 Å². The number of hydrogen-bond acceptors (Lipinski definition) is 4. The van der Waals surface area contributed by atoms with Crippen LogP contribution in [0.5, 0.6) is 0 Å². The van der Waals surface area contributed by atoms with Gasteiger partial charge >= 0.3 is 0 Å². The van der Waals surface area contributed by atoms with Gasteiger partial charge in [-0.2, -0.15) is 0 Å². The Labute approximate surface area is 138 Å². The normalized spacial score (nSPS) is 14.9. The van der Waals surface area contributed by atoms with Crippen molar-refractivity contribution in [3.63, 3.8) is 0 Å². The number of aryl methyl sites for hydroxylation is 1. The van der Waals surface area contributed by atoms with Crippen LogP contribution in [0.3, 0.4) is 0 Å². The van der Waals surface area contributed by atoms with Gasteiger partial charge in [0.15, 0.2) is 0 Å². The molecule has 0 saturated heterocycles. The molecule has 0 unspecified atom stereocenters. The van der Waals surface area contributed by atoms with E-state index >= 15 is 0 Å². The molecular formula is C16H24N2O4S. The topological polar surface area (TPSA) is 66.9 Å². The Morgan fingerprint density at radius 1 is 1.35 bits per heavy atom. The van der Waals surface area contributed by atoms with E-state index in [1.54, 1.807) is 24.1 Å². The fourth-order valence-electron chi connectivity index (χ4n) is 2.69. The van der Waals surface area contributed by atoms with Gasteiger partial charge in [0.2, 0.25) is 15.9 Å². The number of carbonyl (C=O) groups is 1. The van der Waals surface area contributed by atoms with Gasteiger partial charge in [-0.3, -0.25) is 4.79 Å². The summed E-state index contributed by atoms with van der Waals surface area (Å²) >= 11 is 0. The van der Waals surface area contributed by atoms with Crippen LogP contribution < -0.4 is 4.90 Å². The second-order valence-electron chi connectivity index (χ2n) is 5.82. The highest BCUT2D eigenvalue weighted by Crippen LogP contribution is 2.31. The molecule has 0 radical (unpaired) electrons. The molecule has 128 valence electrons. The first kappa shape index (κ1) is 17.9. The molecule has 1 amide bonds. The Morgan fingerprint density at radius 2 is 2.09 bits per heavy atom. The van der Waals surface area contributed by atoms with E-state index in [4.69, 9.17) is 4.74 Å². The molecule has 0 aromatic heterocycles. The van der Waals surface area contributed by atoms with Crippen LogP contribution in [0.2, 0.25) is 0 Å². The lowest BCUT2D eigenvalue weighted by atomic mass is 10.0. The lowest BCUT2D eigenvalue weighted by molar-refractivity contribution is -0.119. The van der Waals surface area contributed by atoms with Gasteiger partial charge in [-0.1, -0.05) is 6.07 Å². The van der Waals surface area contributed by atoms with Crippen LogP contribution in [0.1, 0.15) is 24.8 Å². The maximum Gasteiger partial charge on any atom is 0.242 e. The molecule has 0 N–H and O–H groups in total.